The van der Waals surface area contributed by atoms with Gasteiger partial charge in [-0.2, -0.15) is 4.31 Å². The van der Waals surface area contributed by atoms with E-state index in [1.54, 1.807) is 22.5 Å². The molecule has 1 fully saturated rings. The number of hydrogen-bond acceptors (Lipinski definition) is 4. The van der Waals surface area contributed by atoms with E-state index in [-0.39, 0.29) is 17.2 Å². The van der Waals surface area contributed by atoms with Gasteiger partial charge in [-0.25, -0.2) is 8.42 Å². The number of rotatable bonds is 6. The number of carbonyl (C=O) groups excluding carboxylic acids is 1. The summed E-state index contributed by atoms with van der Waals surface area (Å²) in [4.78, 5) is 12.8. The second-order valence-corrected chi connectivity index (χ2v) is 9.67. The molecule has 1 aliphatic rings. The zero-order valence-corrected chi connectivity index (χ0v) is 17.6. The lowest BCUT2D eigenvalue weighted by atomic mass is 10.0. The Hall–Kier alpha value is -2.18. The van der Waals surface area contributed by atoms with Crippen LogP contribution in [-0.4, -0.2) is 38.1 Å². The van der Waals surface area contributed by atoms with E-state index in [2.05, 4.69) is 18.3 Å². The third-order valence-electron chi connectivity index (χ3n) is 5.23. The van der Waals surface area contributed by atoms with Crippen molar-refractivity contribution in [3.8, 4) is 0 Å². The number of Topliss-reactive ketones (excluding diaryl/α,β-unsaturated/α-hetero) is 1. The van der Waals surface area contributed by atoms with Gasteiger partial charge in [0.05, 0.1) is 11.4 Å². The Morgan fingerprint density at radius 3 is 2.68 bits per heavy atom. The first-order valence-electron chi connectivity index (χ1n) is 9.72. The lowest BCUT2D eigenvalue weighted by molar-refractivity contribution is 0.101. The summed E-state index contributed by atoms with van der Waals surface area (Å²) in [6, 6.07) is 12.4. The predicted molar refractivity (Wildman–Crippen MR) is 112 cm³/mol. The minimum Gasteiger partial charge on any atom is -0.377 e. The van der Waals surface area contributed by atoms with Crippen LogP contribution in [0, 0.1) is 19.8 Å². The molecule has 1 atom stereocenters. The third-order valence-corrected chi connectivity index (χ3v) is 7.10. The van der Waals surface area contributed by atoms with Gasteiger partial charge in [0, 0.05) is 24.3 Å². The summed E-state index contributed by atoms with van der Waals surface area (Å²) in [5.41, 5.74) is 3.55. The molecule has 0 amide bonds. The maximum Gasteiger partial charge on any atom is 0.243 e. The lowest BCUT2D eigenvalue weighted by Crippen LogP contribution is -2.39. The summed E-state index contributed by atoms with van der Waals surface area (Å²) < 4.78 is 27.5. The van der Waals surface area contributed by atoms with Gasteiger partial charge in [-0.1, -0.05) is 36.8 Å². The highest BCUT2D eigenvalue weighted by molar-refractivity contribution is 7.89. The molecule has 1 unspecified atom stereocenters. The number of anilines is 1. The third kappa shape index (κ3) is 4.62. The van der Waals surface area contributed by atoms with Crippen LogP contribution in [0.1, 0.15) is 41.3 Å². The van der Waals surface area contributed by atoms with E-state index in [1.165, 1.54) is 11.6 Å². The summed E-state index contributed by atoms with van der Waals surface area (Å²) in [5, 5.41) is 3.16. The molecule has 2 aromatic carbocycles. The van der Waals surface area contributed by atoms with E-state index in [1.807, 2.05) is 26.0 Å². The maximum absolute atomic E-state index is 13.0. The van der Waals surface area contributed by atoms with E-state index in [0.717, 1.165) is 24.1 Å². The summed E-state index contributed by atoms with van der Waals surface area (Å²) in [7, 11) is -3.57. The molecule has 1 saturated heterocycles. The first-order chi connectivity index (χ1) is 13.3. The lowest BCUT2D eigenvalue weighted by Gasteiger charge is -2.30. The van der Waals surface area contributed by atoms with Gasteiger partial charge in [0.1, 0.15) is 0 Å². The van der Waals surface area contributed by atoms with Crippen LogP contribution in [0.25, 0.3) is 0 Å². The summed E-state index contributed by atoms with van der Waals surface area (Å²) in [5.74, 6) is 0.222. The van der Waals surface area contributed by atoms with Crippen molar-refractivity contribution in [2.24, 2.45) is 5.92 Å². The van der Waals surface area contributed by atoms with Crippen molar-refractivity contribution in [1.29, 1.82) is 0 Å². The fourth-order valence-electron chi connectivity index (χ4n) is 3.63. The van der Waals surface area contributed by atoms with Gasteiger partial charge in [-0.3, -0.25) is 4.79 Å². The fourth-order valence-corrected chi connectivity index (χ4v) is 5.28. The standard InChI is InChI=1S/C22H28N2O3S/c1-16-9-10-21(18(3)12-16)23-14-22(25)19-7-4-8-20(13-19)28(26,27)24-11-5-6-17(2)15-24/h4,7-10,12-13,17,23H,5-6,11,14-15H2,1-3H3. The highest BCUT2D eigenvalue weighted by Gasteiger charge is 2.29. The van der Waals surface area contributed by atoms with Gasteiger partial charge in [0.15, 0.2) is 5.78 Å². The number of benzene rings is 2. The SMILES string of the molecule is Cc1ccc(NCC(=O)c2cccc(S(=O)(=O)N3CCCC(C)C3)c2)c(C)c1. The molecule has 2 aromatic rings. The van der Waals surface area contributed by atoms with Crippen LogP contribution >= 0.6 is 0 Å². The maximum atomic E-state index is 13.0. The van der Waals surface area contributed by atoms with Crippen molar-refractivity contribution in [2.45, 2.75) is 38.5 Å². The Kier molecular flexibility index (Phi) is 6.20. The number of hydrogen-bond donors (Lipinski definition) is 1. The van der Waals surface area contributed by atoms with Gasteiger partial charge in [0.2, 0.25) is 10.0 Å². The van der Waals surface area contributed by atoms with Crippen molar-refractivity contribution >= 4 is 21.5 Å². The molecular weight excluding hydrogens is 372 g/mol. The molecule has 0 bridgehead atoms. The topological polar surface area (TPSA) is 66.5 Å². The van der Waals surface area contributed by atoms with Gasteiger partial charge in [-0.15, -0.1) is 0 Å². The molecule has 1 heterocycles. The molecule has 150 valence electrons. The van der Waals surface area contributed by atoms with Crippen molar-refractivity contribution in [1.82, 2.24) is 4.31 Å². The fraction of sp³-hybridized carbons (Fsp3) is 0.409. The quantitative estimate of drug-likeness (QED) is 0.744. The molecule has 3 rings (SSSR count). The number of ketones is 1. The van der Waals surface area contributed by atoms with Crippen LogP contribution in [0.3, 0.4) is 0 Å². The average molecular weight is 401 g/mol. The van der Waals surface area contributed by atoms with Crippen molar-refractivity contribution in [3.63, 3.8) is 0 Å². The van der Waals surface area contributed by atoms with E-state index in [4.69, 9.17) is 0 Å². The summed E-state index contributed by atoms with van der Waals surface area (Å²) >= 11 is 0. The Labute approximate surface area is 167 Å². The molecule has 0 saturated carbocycles. The molecule has 1 aliphatic heterocycles. The van der Waals surface area contributed by atoms with E-state index >= 15 is 0 Å². The molecule has 5 nitrogen and oxygen atoms in total. The summed E-state index contributed by atoms with van der Waals surface area (Å²) in [6.45, 7) is 7.28. The van der Waals surface area contributed by atoms with Crippen molar-refractivity contribution in [3.05, 3.63) is 59.2 Å². The van der Waals surface area contributed by atoms with Gasteiger partial charge < -0.3 is 5.32 Å². The molecule has 0 spiro atoms. The summed E-state index contributed by atoms with van der Waals surface area (Å²) in [6.07, 6.45) is 1.92. The number of sulfonamides is 1. The van der Waals surface area contributed by atoms with E-state index in [0.29, 0.717) is 24.6 Å². The number of nitrogens with one attached hydrogen (secondary N) is 1. The van der Waals surface area contributed by atoms with Crippen LogP contribution in [0.2, 0.25) is 0 Å². The Balaban J connectivity index is 1.74. The van der Waals surface area contributed by atoms with Gasteiger partial charge in [0.25, 0.3) is 0 Å². The average Bonchev–Trinajstić information content (AvgIpc) is 2.67. The second-order valence-electron chi connectivity index (χ2n) is 7.73. The Morgan fingerprint density at radius 2 is 1.96 bits per heavy atom. The van der Waals surface area contributed by atoms with E-state index < -0.39 is 10.0 Å². The second kappa shape index (κ2) is 8.45. The molecule has 28 heavy (non-hydrogen) atoms. The van der Waals surface area contributed by atoms with Crippen molar-refractivity contribution < 1.29 is 13.2 Å². The van der Waals surface area contributed by atoms with Crippen LogP contribution in [-0.2, 0) is 10.0 Å². The Morgan fingerprint density at radius 1 is 1.18 bits per heavy atom. The number of piperidine rings is 1. The van der Waals surface area contributed by atoms with E-state index in [9.17, 15) is 13.2 Å². The molecule has 0 aromatic heterocycles. The highest BCUT2D eigenvalue weighted by atomic mass is 32.2. The van der Waals surface area contributed by atoms with Gasteiger partial charge >= 0.3 is 0 Å². The molecule has 6 heteroatoms. The zero-order chi connectivity index (χ0) is 20.3. The normalized spacial score (nSPS) is 18.0. The van der Waals surface area contributed by atoms with Crippen LogP contribution in [0.15, 0.2) is 47.4 Å². The highest BCUT2D eigenvalue weighted by Crippen LogP contribution is 2.24. The van der Waals surface area contributed by atoms with Crippen LogP contribution < -0.4 is 5.32 Å². The largest absolute Gasteiger partial charge is 0.377 e. The first-order valence-corrected chi connectivity index (χ1v) is 11.2. The number of aryl methyl sites for hydroxylation is 2. The van der Waals surface area contributed by atoms with Crippen LogP contribution in [0.4, 0.5) is 5.69 Å². The minimum absolute atomic E-state index is 0.119. The van der Waals surface area contributed by atoms with Crippen molar-refractivity contribution in [2.75, 3.05) is 25.0 Å². The smallest absolute Gasteiger partial charge is 0.243 e. The minimum atomic E-state index is -3.57. The number of nitrogens with zero attached hydrogens (tertiary/aromatic N) is 1. The molecule has 1 N–H and O–H groups in total. The predicted octanol–water partition coefficient (Wildman–Crippen LogP) is 4.02. The monoisotopic (exact) mass is 400 g/mol. The molecule has 0 radical (unpaired) electrons. The zero-order valence-electron chi connectivity index (χ0n) is 16.7. The first kappa shape index (κ1) is 20.6. The van der Waals surface area contributed by atoms with Crippen LogP contribution in [0.5, 0.6) is 0 Å². The Bertz CT molecular complexity index is 969. The molecule has 0 aliphatic carbocycles. The number of carbonyl (C=O) groups is 1. The van der Waals surface area contributed by atoms with Gasteiger partial charge in [-0.05, 0) is 56.4 Å². The molecular formula is C22H28N2O3S.